The maximum atomic E-state index is 7.99. The van der Waals surface area contributed by atoms with Gasteiger partial charge in [0.05, 0.1) is 23.1 Å². The highest BCUT2D eigenvalue weighted by atomic mass is 16.3. The number of benzene rings is 6. The van der Waals surface area contributed by atoms with E-state index in [1.807, 2.05) is 42.6 Å². The first-order valence-corrected chi connectivity index (χ1v) is 15.6. The molecule has 218 valence electrons. The highest BCUT2D eigenvalue weighted by Crippen LogP contribution is 2.39. The van der Waals surface area contributed by atoms with Crippen molar-refractivity contribution >= 4 is 71.4 Å². The Morgan fingerprint density at radius 2 is 1.21 bits per heavy atom. The van der Waals surface area contributed by atoms with Crippen molar-refractivity contribution in [2.24, 2.45) is 0 Å². The van der Waals surface area contributed by atoms with E-state index in [9.17, 15) is 0 Å². The summed E-state index contributed by atoms with van der Waals surface area (Å²) in [7, 11) is 0. The Hall–Kier alpha value is -6.64. The second kappa shape index (κ2) is 9.68. The van der Waals surface area contributed by atoms with Crippen molar-refractivity contribution in [3.8, 4) is 22.5 Å². The third-order valence-electron chi connectivity index (χ3n) is 9.33. The van der Waals surface area contributed by atoms with Crippen LogP contribution in [-0.2, 0) is 0 Å². The fraction of sp³-hybridized carbons (Fsp3) is 0. The Morgan fingerprint density at radius 1 is 0.489 bits per heavy atom. The van der Waals surface area contributed by atoms with E-state index in [1.54, 1.807) is 0 Å². The summed E-state index contributed by atoms with van der Waals surface area (Å²) in [6, 6.07) is 48.3. The second-order valence-corrected chi connectivity index (χ2v) is 11.9. The smallest absolute Gasteiger partial charge is 0.189 e. The van der Waals surface area contributed by atoms with Crippen LogP contribution in [0.3, 0.4) is 0 Å². The molecule has 0 atom stereocenters. The zero-order valence-corrected chi connectivity index (χ0v) is 25.1. The summed E-state index contributed by atoms with van der Waals surface area (Å²) < 4.78 is 10.8. The van der Waals surface area contributed by atoms with Gasteiger partial charge in [0, 0.05) is 49.9 Å². The molecule has 0 saturated heterocycles. The zero-order chi connectivity index (χ0) is 31.1. The fourth-order valence-corrected chi connectivity index (χ4v) is 7.30. The molecule has 5 nitrogen and oxygen atoms in total. The van der Waals surface area contributed by atoms with Gasteiger partial charge in [0.25, 0.3) is 0 Å². The van der Waals surface area contributed by atoms with Crippen LogP contribution in [0.2, 0.25) is 0 Å². The molecule has 4 heterocycles. The largest absolute Gasteiger partial charge is 0.456 e. The number of rotatable bonds is 3. The van der Waals surface area contributed by atoms with Gasteiger partial charge < -0.3 is 8.98 Å². The summed E-state index contributed by atoms with van der Waals surface area (Å²) in [5.74, 6) is 0. The summed E-state index contributed by atoms with van der Waals surface area (Å²) >= 11 is 0. The van der Waals surface area contributed by atoms with Gasteiger partial charge in [0.15, 0.2) is 5.69 Å². The van der Waals surface area contributed by atoms with E-state index in [0.717, 1.165) is 77.4 Å². The summed E-state index contributed by atoms with van der Waals surface area (Å²) in [6.07, 6.45) is 1.85. The minimum Gasteiger partial charge on any atom is -0.456 e. The van der Waals surface area contributed by atoms with Gasteiger partial charge in [0.1, 0.15) is 16.8 Å². The Morgan fingerprint density at radius 3 is 2.02 bits per heavy atom. The average Bonchev–Trinajstić information content (AvgIpc) is 3.78. The molecule has 5 heteroatoms. The SMILES string of the molecule is [C-]#[N+]c1cc(-c2cccc(-n3c4cc5c(cc4c4cccnc43)oc3ccccc35)c2)cc(-n2c3ccccc3c3ccccc32)c1. The van der Waals surface area contributed by atoms with Gasteiger partial charge in [-0.25, -0.2) is 9.83 Å². The Bertz CT molecular complexity index is 2880. The third-order valence-corrected chi connectivity index (χ3v) is 9.33. The molecule has 0 spiro atoms. The molecule has 0 bridgehead atoms. The van der Waals surface area contributed by atoms with E-state index < -0.39 is 0 Å². The summed E-state index contributed by atoms with van der Waals surface area (Å²) in [4.78, 5) is 8.76. The number of fused-ring (bicyclic) bond motifs is 9. The number of nitrogens with zero attached hydrogens (tertiary/aromatic N) is 4. The van der Waals surface area contributed by atoms with Gasteiger partial charge in [-0.15, -0.1) is 0 Å². The molecule has 0 fully saturated rings. The van der Waals surface area contributed by atoms with Gasteiger partial charge in [-0.2, -0.15) is 0 Å². The summed E-state index contributed by atoms with van der Waals surface area (Å²) in [6.45, 7) is 7.99. The van der Waals surface area contributed by atoms with E-state index >= 15 is 0 Å². The molecule has 47 heavy (non-hydrogen) atoms. The van der Waals surface area contributed by atoms with Gasteiger partial charge in [-0.05, 0) is 83.9 Å². The Kier molecular flexibility index (Phi) is 5.28. The van der Waals surface area contributed by atoms with Crippen LogP contribution in [0.4, 0.5) is 5.69 Å². The van der Waals surface area contributed by atoms with Gasteiger partial charge in [0.2, 0.25) is 0 Å². The van der Waals surface area contributed by atoms with Crippen LogP contribution in [0.25, 0.3) is 93.0 Å². The highest BCUT2D eigenvalue weighted by molar-refractivity contribution is 6.16. The van der Waals surface area contributed by atoms with Crippen LogP contribution in [0.5, 0.6) is 0 Å². The molecular weight excluding hydrogens is 576 g/mol. The van der Waals surface area contributed by atoms with Gasteiger partial charge in [-0.3, -0.25) is 4.57 Å². The predicted octanol–water partition coefficient (Wildman–Crippen LogP) is 11.4. The zero-order valence-electron chi connectivity index (χ0n) is 25.1. The van der Waals surface area contributed by atoms with Crippen molar-refractivity contribution in [2.75, 3.05) is 0 Å². The highest BCUT2D eigenvalue weighted by Gasteiger charge is 2.18. The van der Waals surface area contributed by atoms with Crippen LogP contribution in [0.1, 0.15) is 0 Å². The number of pyridine rings is 1. The lowest BCUT2D eigenvalue weighted by atomic mass is 10.0. The molecule has 6 aromatic carbocycles. The molecule has 0 aliphatic carbocycles. The van der Waals surface area contributed by atoms with Gasteiger partial charge in [-0.1, -0.05) is 66.7 Å². The number of para-hydroxylation sites is 3. The first kappa shape index (κ1) is 25.7. The average molecular weight is 601 g/mol. The standard InChI is InChI=1S/C42H24N4O/c1-43-28-20-27(22-30(23-28)45-37-16-5-2-12-31(37)32-13-3-6-17-38(32)45)26-10-8-11-29(21-26)46-39-24-36-33-14-4-7-18-40(33)47-41(36)25-35(39)34-15-9-19-44-42(34)46/h2-25H. The lowest BCUT2D eigenvalue weighted by Gasteiger charge is -2.13. The van der Waals surface area contributed by atoms with Crippen LogP contribution in [0.15, 0.2) is 150 Å². The normalized spacial score (nSPS) is 11.8. The topological polar surface area (TPSA) is 40.2 Å². The van der Waals surface area contributed by atoms with Crippen molar-refractivity contribution in [3.63, 3.8) is 0 Å². The molecule has 10 rings (SSSR count). The lowest BCUT2D eigenvalue weighted by Crippen LogP contribution is -1.97. The second-order valence-electron chi connectivity index (χ2n) is 11.9. The molecule has 0 amide bonds. The van der Waals surface area contributed by atoms with Crippen LogP contribution >= 0.6 is 0 Å². The van der Waals surface area contributed by atoms with E-state index in [4.69, 9.17) is 16.0 Å². The lowest BCUT2D eigenvalue weighted by molar-refractivity contribution is 0.669. The fourth-order valence-electron chi connectivity index (χ4n) is 7.30. The molecule has 10 aromatic rings. The molecule has 0 saturated carbocycles. The first-order chi connectivity index (χ1) is 23.2. The number of aromatic nitrogens is 3. The van der Waals surface area contributed by atoms with Crippen molar-refractivity contribution < 1.29 is 4.42 Å². The summed E-state index contributed by atoms with van der Waals surface area (Å²) in [5.41, 5.74) is 10.5. The van der Waals surface area contributed by atoms with Crippen molar-refractivity contribution in [3.05, 3.63) is 157 Å². The van der Waals surface area contributed by atoms with Crippen molar-refractivity contribution in [1.82, 2.24) is 14.1 Å². The number of hydrogen-bond acceptors (Lipinski definition) is 2. The van der Waals surface area contributed by atoms with Crippen LogP contribution < -0.4 is 0 Å². The van der Waals surface area contributed by atoms with Crippen molar-refractivity contribution in [2.45, 2.75) is 0 Å². The molecule has 0 unspecified atom stereocenters. The molecule has 4 aromatic heterocycles. The van der Waals surface area contributed by atoms with E-state index in [1.165, 1.54) is 10.8 Å². The molecular formula is C42H24N4O. The van der Waals surface area contributed by atoms with E-state index in [0.29, 0.717) is 5.69 Å². The predicted molar refractivity (Wildman–Crippen MR) is 192 cm³/mol. The molecule has 0 N–H and O–H groups in total. The van der Waals surface area contributed by atoms with Gasteiger partial charge >= 0.3 is 0 Å². The monoisotopic (exact) mass is 600 g/mol. The van der Waals surface area contributed by atoms with E-state index in [2.05, 4.69) is 117 Å². The maximum absolute atomic E-state index is 7.99. The number of furan rings is 1. The molecule has 0 aliphatic heterocycles. The van der Waals surface area contributed by atoms with E-state index in [-0.39, 0.29) is 0 Å². The Balaban J connectivity index is 1.20. The minimum atomic E-state index is 0.595. The third kappa shape index (κ3) is 3.73. The van der Waals surface area contributed by atoms with Crippen LogP contribution in [-0.4, -0.2) is 14.1 Å². The van der Waals surface area contributed by atoms with Crippen LogP contribution in [0, 0.1) is 6.57 Å². The van der Waals surface area contributed by atoms with Crippen molar-refractivity contribution in [1.29, 1.82) is 0 Å². The minimum absolute atomic E-state index is 0.595. The summed E-state index contributed by atoms with van der Waals surface area (Å²) in [5, 5.41) is 6.72. The quantitative estimate of drug-likeness (QED) is 0.189. The molecule has 0 radical (unpaired) electrons. The maximum Gasteiger partial charge on any atom is 0.189 e. The first-order valence-electron chi connectivity index (χ1n) is 15.6. The number of hydrogen-bond donors (Lipinski definition) is 0. The Labute approximate surface area is 269 Å². The molecule has 0 aliphatic rings.